The fourth-order valence-electron chi connectivity index (χ4n) is 1.01. The summed E-state index contributed by atoms with van der Waals surface area (Å²) < 4.78 is 29.6. The first-order chi connectivity index (χ1) is 6.60. The molecule has 0 fully saturated rings. The summed E-state index contributed by atoms with van der Waals surface area (Å²) in [6.07, 6.45) is -2.71. The summed E-state index contributed by atoms with van der Waals surface area (Å²) >= 11 is 5.63. The van der Waals surface area contributed by atoms with Crippen molar-refractivity contribution in [1.29, 1.82) is 0 Å². The molecule has 0 aliphatic rings. The molecule has 0 amide bonds. The Balaban J connectivity index is 3.27. The first kappa shape index (κ1) is 11.1. The molecule has 0 spiro atoms. The average Bonchev–Trinajstić information content (AvgIpc) is 2.15. The summed E-state index contributed by atoms with van der Waals surface area (Å²) in [5.74, 6) is -0.173. The Hall–Kier alpha value is -0.940. The van der Waals surface area contributed by atoms with Crippen LogP contribution in [0.1, 0.15) is 17.7 Å². The van der Waals surface area contributed by atoms with E-state index in [-0.39, 0.29) is 17.4 Å². The lowest BCUT2D eigenvalue weighted by molar-refractivity contribution is 0.146. The molecule has 78 valence electrons. The van der Waals surface area contributed by atoms with E-state index in [2.05, 4.69) is 4.98 Å². The predicted octanol–water partition coefficient (Wildman–Crippen LogP) is 2.14. The van der Waals surface area contributed by atoms with E-state index in [9.17, 15) is 8.78 Å². The summed E-state index contributed by atoms with van der Waals surface area (Å²) in [7, 11) is 1.25. The minimum absolute atomic E-state index is 0.0766. The standard InChI is InChI=1S/C8H9ClF2N2O/c1-14-8-6(7(10)11)5(9)2-4(3-12)13-8/h2,7H,3,12H2,1H3. The Morgan fingerprint density at radius 3 is 2.71 bits per heavy atom. The fourth-order valence-corrected chi connectivity index (χ4v) is 1.30. The van der Waals surface area contributed by atoms with E-state index in [4.69, 9.17) is 22.1 Å². The number of pyridine rings is 1. The lowest BCUT2D eigenvalue weighted by Gasteiger charge is -2.09. The molecule has 0 aliphatic carbocycles. The highest BCUT2D eigenvalue weighted by Crippen LogP contribution is 2.34. The van der Waals surface area contributed by atoms with Crippen LogP contribution in [0.5, 0.6) is 5.88 Å². The second kappa shape index (κ2) is 4.52. The van der Waals surface area contributed by atoms with E-state index in [1.807, 2.05) is 0 Å². The average molecular weight is 223 g/mol. The van der Waals surface area contributed by atoms with Crippen molar-refractivity contribution in [3.05, 3.63) is 22.3 Å². The van der Waals surface area contributed by atoms with Crippen LogP contribution in [0.4, 0.5) is 8.78 Å². The van der Waals surface area contributed by atoms with Crippen molar-refractivity contribution in [2.75, 3.05) is 7.11 Å². The Morgan fingerprint density at radius 1 is 1.64 bits per heavy atom. The molecule has 1 aromatic rings. The number of nitrogens with zero attached hydrogens (tertiary/aromatic N) is 1. The van der Waals surface area contributed by atoms with E-state index < -0.39 is 12.0 Å². The lowest BCUT2D eigenvalue weighted by atomic mass is 10.2. The van der Waals surface area contributed by atoms with Crippen LogP contribution in [0, 0.1) is 0 Å². The Bertz CT molecular complexity index is 333. The normalized spacial score (nSPS) is 10.7. The molecule has 1 heterocycles. The number of alkyl halides is 2. The molecule has 0 aromatic carbocycles. The molecule has 1 rings (SSSR count). The van der Waals surface area contributed by atoms with E-state index >= 15 is 0 Å². The number of hydrogen-bond donors (Lipinski definition) is 1. The van der Waals surface area contributed by atoms with Crippen LogP contribution in [0.3, 0.4) is 0 Å². The van der Waals surface area contributed by atoms with Gasteiger partial charge in [0.25, 0.3) is 6.43 Å². The maximum atomic E-state index is 12.5. The SMILES string of the molecule is COc1nc(CN)cc(Cl)c1C(F)F. The zero-order valence-corrected chi connectivity index (χ0v) is 8.18. The highest BCUT2D eigenvalue weighted by atomic mass is 35.5. The van der Waals surface area contributed by atoms with Gasteiger partial charge in [0.1, 0.15) is 0 Å². The van der Waals surface area contributed by atoms with Gasteiger partial charge in [-0.15, -0.1) is 0 Å². The van der Waals surface area contributed by atoms with Crippen LogP contribution >= 0.6 is 11.6 Å². The molecule has 0 radical (unpaired) electrons. The molecular formula is C8H9ClF2N2O. The molecule has 0 atom stereocenters. The molecule has 3 nitrogen and oxygen atoms in total. The van der Waals surface area contributed by atoms with E-state index in [0.717, 1.165) is 0 Å². The first-order valence-electron chi connectivity index (χ1n) is 3.81. The van der Waals surface area contributed by atoms with E-state index in [0.29, 0.717) is 5.69 Å². The van der Waals surface area contributed by atoms with Crippen molar-refractivity contribution in [2.24, 2.45) is 5.73 Å². The van der Waals surface area contributed by atoms with Gasteiger partial charge in [-0.25, -0.2) is 13.8 Å². The highest BCUT2D eigenvalue weighted by Gasteiger charge is 2.20. The minimum atomic E-state index is -2.71. The van der Waals surface area contributed by atoms with Crippen molar-refractivity contribution in [3.63, 3.8) is 0 Å². The highest BCUT2D eigenvalue weighted by molar-refractivity contribution is 6.31. The molecule has 0 aliphatic heterocycles. The quantitative estimate of drug-likeness (QED) is 0.853. The lowest BCUT2D eigenvalue weighted by Crippen LogP contribution is -2.04. The third-order valence-corrected chi connectivity index (χ3v) is 1.96. The molecule has 2 N–H and O–H groups in total. The van der Waals surface area contributed by atoms with E-state index in [1.165, 1.54) is 13.2 Å². The first-order valence-corrected chi connectivity index (χ1v) is 4.19. The van der Waals surface area contributed by atoms with Crippen LogP contribution < -0.4 is 10.5 Å². The van der Waals surface area contributed by atoms with Crippen LogP contribution in [0.15, 0.2) is 6.07 Å². The number of halogens is 3. The molecule has 0 unspecified atom stereocenters. The smallest absolute Gasteiger partial charge is 0.270 e. The fraction of sp³-hybridized carbons (Fsp3) is 0.375. The summed E-state index contributed by atoms with van der Waals surface area (Å²) in [5.41, 5.74) is 5.32. The van der Waals surface area contributed by atoms with Crippen LogP contribution in [0.2, 0.25) is 5.02 Å². The maximum Gasteiger partial charge on any atom is 0.270 e. The van der Waals surface area contributed by atoms with Gasteiger partial charge in [0, 0.05) is 6.54 Å². The molecule has 14 heavy (non-hydrogen) atoms. The summed E-state index contributed by atoms with van der Waals surface area (Å²) in [5, 5.41) is -0.0766. The second-order valence-corrected chi connectivity index (χ2v) is 2.93. The zero-order chi connectivity index (χ0) is 10.7. The van der Waals surface area contributed by atoms with Crippen molar-refractivity contribution in [3.8, 4) is 5.88 Å². The molecule has 0 bridgehead atoms. The van der Waals surface area contributed by atoms with Gasteiger partial charge >= 0.3 is 0 Å². The molecular weight excluding hydrogens is 214 g/mol. The van der Waals surface area contributed by atoms with Crippen LogP contribution in [0.25, 0.3) is 0 Å². The van der Waals surface area contributed by atoms with Gasteiger partial charge in [0.15, 0.2) is 0 Å². The van der Waals surface area contributed by atoms with Gasteiger partial charge in [0.05, 0.1) is 23.4 Å². The molecule has 1 aromatic heterocycles. The topological polar surface area (TPSA) is 48.1 Å². The zero-order valence-electron chi connectivity index (χ0n) is 7.43. The number of aromatic nitrogens is 1. The number of nitrogens with two attached hydrogens (primary N) is 1. The van der Waals surface area contributed by atoms with Crippen molar-refractivity contribution in [1.82, 2.24) is 4.98 Å². The van der Waals surface area contributed by atoms with Crippen molar-refractivity contribution >= 4 is 11.6 Å². The van der Waals surface area contributed by atoms with Gasteiger partial charge in [-0.3, -0.25) is 0 Å². The van der Waals surface area contributed by atoms with Crippen LogP contribution in [-0.4, -0.2) is 12.1 Å². The van der Waals surface area contributed by atoms with Gasteiger partial charge in [-0.1, -0.05) is 11.6 Å². The summed E-state index contributed by atoms with van der Waals surface area (Å²) in [6, 6.07) is 1.31. The minimum Gasteiger partial charge on any atom is -0.481 e. The third kappa shape index (κ3) is 2.10. The number of rotatable bonds is 3. The van der Waals surface area contributed by atoms with Crippen molar-refractivity contribution in [2.45, 2.75) is 13.0 Å². The monoisotopic (exact) mass is 222 g/mol. The summed E-state index contributed by atoms with van der Waals surface area (Å²) in [6.45, 7) is 0.125. The summed E-state index contributed by atoms with van der Waals surface area (Å²) in [4.78, 5) is 3.78. The third-order valence-electron chi connectivity index (χ3n) is 1.65. The molecule has 0 saturated carbocycles. The van der Waals surface area contributed by atoms with Gasteiger partial charge in [-0.2, -0.15) is 0 Å². The number of hydrogen-bond acceptors (Lipinski definition) is 3. The molecule has 0 saturated heterocycles. The molecule has 6 heteroatoms. The largest absolute Gasteiger partial charge is 0.481 e. The second-order valence-electron chi connectivity index (χ2n) is 2.52. The van der Waals surface area contributed by atoms with E-state index in [1.54, 1.807) is 0 Å². The van der Waals surface area contributed by atoms with Crippen molar-refractivity contribution < 1.29 is 13.5 Å². The Morgan fingerprint density at radius 2 is 2.29 bits per heavy atom. The Kier molecular flexibility index (Phi) is 3.60. The predicted molar refractivity (Wildman–Crippen MR) is 48.6 cm³/mol. The number of ether oxygens (including phenoxy) is 1. The Labute approximate surface area is 84.8 Å². The number of methoxy groups -OCH3 is 1. The maximum absolute atomic E-state index is 12.5. The van der Waals surface area contributed by atoms with Gasteiger partial charge < -0.3 is 10.5 Å². The van der Waals surface area contributed by atoms with Crippen LogP contribution in [-0.2, 0) is 6.54 Å². The van der Waals surface area contributed by atoms with Gasteiger partial charge in [0.2, 0.25) is 5.88 Å². The van der Waals surface area contributed by atoms with Gasteiger partial charge in [-0.05, 0) is 6.07 Å².